The van der Waals surface area contributed by atoms with Gasteiger partial charge in [0.15, 0.2) is 0 Å². The van der Waals surface area contributed by atoms with E-state index in [1.54, 1.807) is 0 Å². The van der Waals surface area contributed by atoms with Crippen molar-refractivity contribution in [3.05, 3.63) is 0 Å². The highest BCUT2D eigenvalue weighted by Crippen LogP contribution is 2.29. The number of aliphatic hydroxyl groups is 1. The van der Waals surface area contributed by atoms with Gasteiger partial charge in [0.05, 0.1) is 13.2 Å². The van der Waals surface area contributed by atoms with Crippen LogP contribution in [-0.2, 0) is 4.79 Å². The summed E-state index contributed by atoms with van der Waals surface area (Å²) in [5.41, 5.74) is 0. The number of carbonyl (C=O) groups is 1. The molecule has 0 aromatic heterocycles. The van der Waals surface area contributed by atoms with Crippen LogP contribution in [0.2, 0.25) is 0 Å². The fourth-order valence-electron chi connectivity index (χ4n) is 2.53. The van der Waals surface area contributed by atoms with Crippen LogP contribution < -0.4 is 5.32 Å². The minimum absolute atomic E-state index is 0.0758. The summed E-state index contributed by atoms with van der Waals surface area (Å²) in [5.74, 6) is 1.34. The molecule has 4 nitrogen and oxygen atoms in total. The summed E-state index contributed by atoms with van der Waals surface area (Å²) in [7, 11) is 1.85. The zero-order valence-electron chi connectivity index (χ0n) is 11.3. The molecule has 4 heteroatoms. The van der Waals surface area contributed by atoms with Crippen LogP contribution in [0, 0.1) is 11.8 Å². The normalized spacial score (nSPS) is 29.4. The first-order chi connectivity index (χ1) is 8.04. The van der Waals surface area contributed by atoms with E-state index in [-0.39, 0.29) is 12.5 Å². The molecule has 0 saturated heterocycles. The van der Waals surface area contributed by atoms with E-state index in [1.807, 2.05) is 11.9 Å². The highest BCUT2D eigenvalue weighted by molar-refractivity contribution is 5.78. The Labute approximate surface area is 104 Å². The van der Waals surface area contributed by atoms with Crippen molar-refractivity contribution in [1.82, 2.24) is 10.2 Å². The Kier molecular flexibility index (Phi) is 5.92. The molecular weight excluding hydrogens is 216 g/mol. The lowest BCUT2D eigenvalue weighted by Crippen LogP contribution is -2.47. The van der Waals surface area contributed by atoms with E-state index < -0.39 is 0 Å². The van der Waals surface area contributed by atoms with Crippen LogP contribution in [0.1, 0.15) is 33.1 Å². The maximum Gasteiger partial charge on any atom is 0.234 e. The molecule has 0 heterocycles. The SMILES string of the molecule is CC1CCCC(NC(=O)CN(C)CCO)C1C. The molecule has 0 aromatic carbocycles. The second-order valence-electron chi connectivity index (χ2n) is 5.40. The molecule has 0 bridgehead atoms. The Balaban J connectivity index is 2.34. The largest absolute Gasteiger partial charge is 0.395 e. The zero-order chi connectivity index (χ0) is 12.8. The van der Waals surface area contributed by atoms with Gasteiger partial charge in [-0.1, -0.05) is 26.7 Å². The number of rotatable bonds is 5. The van der Waals surface area contributed by atoms with Crippen LogP contribution in [-0.4, -0.2) is 48.7 Å². The van der Waals surface area contributed by atoms with Gasteiger partial charge in [-0.05, 0) is 25.3 Å². The Morgan fingerprint density at radius 2 is 2.12 bits per heavy atom. The summed E-state index contributed by atoms with van der Waals surface area (Å²) in [6.07, 6.45) is 3.59. The van der Waals surface area contributed by atoms with Gasteiger partial charge < -0.3 is 10.4 Å². The van der Waals surface area contributed by atoms with Crippen LogP contribution in [0.15, 0.2) is 0 Å². The first-order valence-electron chi connectivity index (χ1n) is 6.63. The van der Waals surface area contributed by atoms with Gasteiger partial charge in [0.25, 0.3) is 0 Å². The lowest BCUT2D eigenvalue weighted by atomic mass is 9.78. The Hall–Kier alpha value is -0.610. The fourth-order valence-corrected chi connectivity index (χ4v) is 2.53. The molecule has 1 rings (SSSR count). The Morgan fingerprint density at radius 3 is 2.76 bits per heavy atom. The average molecular weight is 242 g/mol. The molecule has 0 spiro atoms. The van der Waals surface area contributed by atoms with Crippen molar-refractivity contribution in [2.24, 2.45) is 11.8 Å². The molecule has 1 amide bonds. The number of aliphatic hydroxyl groups excluding tert-OH is 1. The number of hydrogen-bond acceptors (Lipinski definition) is 3. The minimum atomic E-state index is 0.0758. The smallest absolute Gasteiger partial charge is 0.234 e. The van der Waals surface area contributed by atoms with Crippen LogP contribution in [0.25, 0.3) is 0 Å². The number of amides is 1. The van der Waals surface area contributed by atoms with E-state index in [2.05, 4.69) is 19.2 Å². The topological polar surface area (TPSA) is 52.6 Å². The number of likely N-dealkylation sites (N-methyl/N-ethyl adjacent to an activating group) is 1. The standard InChI is InChI=1S/C13H26N2O2/c1-10-5-4-6-12(11(10)2)14-13(17)9-15(3)7-8-16/h10-12,16H,4-9H2,1-3H3,(H,14,17). The summed E-state index contributed by atoms with van der Waals surface area (Å²) >= 11 is 0. The van der Waals surface area contributed by atoms with Crippen LogP contribution in [0.5, 0.6) is 0 Å². The molecule has 0 aromatic rings. The average Bonchev–Trinajstić information content (AvgIpc) is 2.25. The zero-order valence-corrected chi connectivity index (χ0v) is 11.3. The second kappa shape index (κ2) is 6.97. The molecule has 3 unspecified atom stereocenters. The predicted octanol–water partition coefficient (Wildman–Crippen LogP) is 0.851. The van der Waals surface area contributed by atoms with Crippen molar-refractivity contribution in [2.75, 3.05) is 26.7 Å². The molecule has 3 atom stereocenters. The number of carbonyl (C=O) groups excluding carboxylic acids is 1. The molecule has 17 heavy (non-hydrogen) atoms. The molecule has 1 aliphatic rings. The maximum absolute atomic E-state index is 11.8. The molecular formula is C13H26N2O2. The summed E-state index contributed by atoms with van der Waals surface area (Å²) in [6, 6.07) is 0.328. The van der Waals surface area contributed by atoms with E-state index in [4.69, 9.17) is 5.11 Å². The molecule has 0 aliphatic heterocycles. The highest BCUT2D eigenvalue weighted by Gasteiger charge is 2.28. The fraction of sp³-hybridized carbons (Fsp3) is 0.923. The van der Waals surface area contributed by atoms with Gasteiger partial charge in [0, 0.05) is 12.6 Å². The molecule has 2 N–H and O–H groups in total. The summed E-state index contributed by atoms with van der Waals surface area (Å²) in [5, 5.41) is 11.9. The quantitative estimate of drug-likeness (QED) is 0.751. The summed E-state index contributed by atoms with van der Waals surface area (Å²) in [6.45, 7) is 5.51. The van der Waals surface area contributed by atoms with Gasteiger partial charge >= 0.3 is 0 Å². The third kappa shape index (κ3) is 4.64. The van der Waals surface area contributed by atoms with Crippen LogP contribution >= 0.6 is 0 Å². The van der Waals surface area contributed by atoms with Crippen molar-refractivity contribution in [2.45, 2.75) is 39.2 Å². The van der Waals surface area contributed by atoms with Gasteiger partial charge in [0.2, 0.25) is 5.91 Å². The van der Waals surface area contributed by atoms with E-state index in [0.29, 0.717) is 31.0 Å². The van der Waals surface area contributed by atoms with Crippen molar-refractivity contribution < 1.29 is 9.90 Å². The molecule has 100 valence electrons. The Morgan fingerprint density at radius 1 is 1.41 bits per heavy atom. The first-order valence-corrected chi connectivity index (χ1v) is 6.63. The van der Waals surface area contributed by atoms with Gasteiger partial charge in [-0.15, -0.1) is 0 Å². The molecule has 1 saturated carbocycles. The van der Waals surface area contributed by atoms with Crippen molar-refractivity contribution in [3.63, 3.8) is 0 Å². The maximum atomic E-state index is 11.8. The number of nitrogens with one attached hydrogen (secondary N) is 1. The Bertz CT molecular complexity index is 246. The second-order valence-corrected chi connectivity index (χ2v) is 5.40. The van der Waals surface area contributed by atoms with Crippen LogP contribution in [0.4, 0.5) is 0 Å². The third-order valence-electron chi connectivity index (χ3n) is 3.95. The predicted molar refractivity (Wildman–Crippen MR) is 68.7 cm³/mol. The first kappa shape index (κ1) is 14.5. The van der Waals surface area contributed by atoms with Gasteiger partial charge in [-0.25, -0.2) is 0 Å². The monoisotopic (exact) mass is 242 g/mol. The van der Waals surface area contributed by atoms with Gasteiger partial charge in [-0.3, -0.25) is 9.69 Å². The van der Waals surface area contributed by atoms with E-state index in [1.165, 1.54) is 12.8 Å². The number of hydrogen-bond donors (Lipinski definition) is 2. The van der Waals surface area contributed by atoms with Crippen molar-refractivity contribution in [3.8, 4) is 0 Å². The van der Waals surface area contributed by atoms with Crippen molar-refractivity contribution >= 4 is 5.91 Å². The minimum Gasteiger partial charge on any atom is -0.395 e. The summed E-state index contributed by atoms with van der Waals surface area (Å²) in [4.78, 5) is 13.7. The van der Waals surface area contributed by atoms with Gasteiger partial charge in [0.1, 0.15) is 0 Å². The lowest BCUT2D eigenvalue weighted by molar-refractivity contribution is -0.123. The molecule has 0 radical (unpaired) electrons. The molecule has 1 aliphatic carbocycles. The lowest BCUT2D eigenvalue weighted by Gasteiger charge is -2.34. The molecule has 1 fully saturated rings. The van der Waals surface area contributed by atoms with Crippen LogP contribution in [0.3, 0.4) is 0 Å². The van der Waals surface area contributed by atoms with E-state index in [9.17, 15) is 4.79 Å². The van der Waals surface area contributed by atoms with E-state index >= 15 is 0 Å². The van der Waals surface area contributed by atoms with Gasteiger partial charge in [-0.2, -0.15) is 0 Å². The van der Waals surface area contributed by atoms with Crippen molar-refractivity contribution in [1.29, 1.82) is 0 Å². The number of nitrogens with zero attached hydrogens (tertiary/aromatic N) is 1. The van der Waals surface area contributed by atoms with E-state index in [0.717, 1.165) is 6.42 Å². The summed E-state index contributed by atoms with van der Waals surface area (Å²) < 4.78 is 0. The third-order valence-corrected chi connectivity index (χ3v) is 3.95. The highest BCUT2D eigenvalue weighted by atomic mass is 16.3.